The number of hydrogen-bond donors (Lipinski definition) is 1. The van der Waals surface area contributed by atoms with Gasteiger partial charge in [-0.25, -0.2) is 0 Å². The van der Waals surface area contributed by atoms with Gasteiger partial charge in [-0.05, 0) is 26.3 Å². The molecule has 1 aliphatic rings. The van der Waals surface area contributed by atoms with Gasteiger partial charge in [0.2, 0.25) is 0 Å². The van der Waals surface area contributed by atoms with E-state index >= 15 is 0 Å². The van der Waals surface area contributed by atoms with Gasteiger partial charge >= 0.3 is 0 Å². The molecule has 6 nitrogen and oxygen atoms in total. The van der Waals surface area contributed by atoms with Gasteiger partial charge in [-0.1, -0.05) is 0 Å². The van der Waals surface area contributed by atoms with Gasteiger partial charge in [0.15, 0.2) is 0 Å². The van der Waals surface area contributed by atoms with E-state index in [0.29, 0.717) is 6.04 Å². The quantitative estimate of drug-likeness (QED) is 0.907. The second-order valence-corrected chi connectivity index (χ2v) is 5.51. The number of nitrogens with zero attached hydrogens (tertiary/aromatic N) is 4. The predicted molar refractivity (Wildman–Crippen MR) is 79.8 cm³/mol. The molecule has 0 bridgehead atoms. The van der Waals surface area contributed by atoms with Gasteiger partial charge in [0, 0.05) is 50.2 Å². The Labute approximate surface area is 125 Å². The van der Waals surface area contributed by atoms with Crippen LogP contribution in [-0.4, -0.2) is 32.2 Å². The predicted octanol–water partition coefficient (Wildman–Crippen LogP) is 1.56. The molecule has 1 fully saturated rings. The third kappa shape index (κ3) is 2.73. The standard InChI is InChI=1S/C15H23N5O/c1-4-20-12(5-7-17-20)9-16-14-6-8-21-15(14)13-10-18-19(3)11(13)2/h5,7,10,14-16H,4,6,8-9H2,1-3H3/t14-,15+/m0/s1. The highest BCUT2D eigenvalue weighted by molar-refractivity contribution is 5.22. The van der Waals surface area contributed by atoms with Crippen molar-refractivity contribution in [2.45, 2.75) is 45.5 Å². The van der Waals surface area contributed by atoms with E-state index < -0.39 is 0 Å². The zero-order chi connectivity index (χ0) is 14.8. The highest BCUT2D eigenvalue weighted by Gasteiger charge is 2.31. The van der Waals surface area contributed by atoms with Crippen molar-refractivity contribution in [3.8, 4) is 0 Å². The Morgan fingerprint density at radius 1 is 1.43 bits per heavy atom. The van der Waals surface area contributed by atoms with Gasteiger partial charge < -0.3 is 10.1 Å². The zero-order valence-corrected chi connectivity index (χ0v) is 12.9. The Morgan fingerprint density at radius 2 is 2.29 bits per heavy atom. The monoisotopic (exact) mass is 289 g/mol. The van der Waals surface area contributed by atoms with Crippen molar-refractivity contribution in [1.82, 2.24) is 24.9 Å². The van der Waals surface area contributed by atoms with Crippen molar-refractivity contribution in [2.75, 3.05) is 6.61 Å². The molecular weight excluding hydrogens is 266 g/mol. The summed E-state index contributed by atoms with van der Waals surface area (Å²) in [6.45, 7) is 6.71. The Kier molecular flexibility index (Phi) is 4.07. The fourth-order valence-electron chi connectivity index (χ4n) is 2.93. The molecule has 1 N–H and O–H groups in total. The summed E-state index contributed by atoms with van der Waals surface area (Å²) in [5.74, 6) is 0. The van der Waals surface area contributed by atoms with Crippen molar-refractivity contribution in [1.29, 1.82) is 0 Å². The highest BCUT2D eigenvalue weighted by atomic mass is 16.5. The molecule has 2 aromatic rings. The van der Waals surface area contributed by atoms with Crippen molar-refractivity contribution >= 4 is 0 Å². The van der Waals surface area contributed by atoms with E-state index in [1.807, 2.05) is 28.8 Å². The molecule has 0 amide bonds. The first-order valence-electron chi connectivity index (χ1n) is 7.55. The first-order valence-corrected chi connectivity index (χ1v) is 7.55. The van der Waals surface area contributed by atoms with Crippen LogP contribution in [0.15, 0.2) is 18.5 Å². The van der Waals surface area contributed by atoms with E-state index in [2.05, 4.69) is 35.4 Å². The number of ether oxygens (including phenoxy) is 1. The molecular formula is C15H23N5O. The van der Waals surface area contributed by atoms with Crippen LogP contribution >= 0.6 is 0 Å². The lowest BCUT2D eigenvalue weighted by molar-refractivity contribution is 0.0977. The van der Waals surface area contributed by atoms with Crippen LogP contribution in [0.5, 0.6) is 0 Å². The number of aromatic nitrogens is 4. The average Bonchev–Trinajstić information content (AvgIpc) is 3.18. The van der Waals surface area contributed by atoms with Crippen LogP contribution in [-0.2, 0) is 24.9 Å². The van der Waals surface area contributed by atoms with Crippen LogP contribution < -0.4 is 5.32 Å². The van der Waals surface area contributed by atoms with Crippen LogP contribution in [0.4, 0.5) is 0 Å². The van der Waals surface area contributed by atoms with E-state index in [-0.39, 0.29) is 6.10 Å². The van der Waals surface area contributed by atoms with Crippen LogP contribution in [0.2, 0.25) is 0 Å². The van der Waals surface area contributed by atoms with Gasteiger partial charge in [-0.2, -0.15) is 10.2 Å². The molecule has 3 heterocycles. The van der Waals surface area contributed by atoms with Crippen LogP contribution in [0, 0.1) is 6.92 Å². The van der Waals surface area contributed by atoms with Crippen molar-refractivity contribution < 1.29 is 4.74 Å². The summed E-state index contributed by atoms with van der Waals surface area (Å²) in [5, 5.41) is 12.3. The lowest BCUT2D eigenvalue weighted by atomic mass is 10.0. The molecule has 1 aliphatic heterocycles. The van der Waals surface area contributed by atoms with Gasteiger partial charge in [0.1, 0.15) is 6.10 Å². The van der Waals surface area contributed by atoms with Crippen molar-refractivity contribution in [3.05, 3.63) is 35.4 Å². The minimum atomic E-state index is 0.0942. The number of rotatable bonds is 5. The molecule has 6 heteroatoms. The first kappa shape index (κ1) is 14.3. The summed E-state index contributed by atoms with van der Waals surface area (Å²) in [6, 6.07) is 2.39. The maximum Gasteiger partial charge on any atom is 0.101 e. The van der Waals surface area contributed by atoms with Crippen molar-refractivity contribution in [2.24, 2.45) is 7.05 Å². The van der Waals surface area contributed by atoms with Gasteiger partial charge in [-0.15, -0.1) is 0 Å². The topological polar surface area (TPSA) is 56.9 Å². The normalized spacial score (nSPS) is 22.0. The molecule has 0 aromatic carbocycles. The van der Waals surface area contributed by atoms with Crippen molar-refractivity contribution in [3.63, 3.8) is 0 Å². The minimum absolute atomic E-state index is 0.0942. The smallest absolute Gasteiger partial charge is 0.101 e. The van der Waals surface area contributed by atoms with Crippen LogP contribution in [0.1, 0.15) is 36.4 Å². The van der Waals surface area contributed by atoms with E-state index in [0.717, 1.165) is 26.1 Å². The number of hydrogen-bond acceptors (Lipinski definition) is 4. The Morgan fingerprint density at radius 3 is 3.00 bits per heavy atom. The summed E-state index contributed by atoms with van der Waals surface area (Å²) >= 11 is 0. The Balaban J connectivity index is 1.69. The molecule has 21 heavy (non-hydrogen) atoms. The van der Waals surface area contributed by atoms with Gasteiger partial charge in [0.05, 0.1) is 11.9 Å². The maximum atomic E-state index is 5.93. The van der Waals surface area contributed by atoms with Gasteiger partial charge in [0.25, 0.3) is 0 Å². The maximum absolute atomic E-state index is 5.93. The third-order valence-corrected chi connectivity index (χ3v) is 4.32. The molecule has 0 saturated carbocycles. The summed E-state index contributed by atoms with van der Waals surface area (Å²) in [5.41, 5.74) is 3.58. The SMILES string of the molecule is CCn1nccc1CN[C@H]1CCO[C@@H]1c1cnn(C)c1C. The second-order valence-electron chi connectivity index (χ2n) is 5.51. The van der Waals surface area contributed by atoms with Crippen LogP contribution in [0.25, 0.3) is 0 Å². The average molecular weight is 289 g/mol. The number of nitrogens with one attached hydrogen (secondary N) is 1. The zero-order valence-electron chi connectivity index (χ0n) is 12.9. The molecule has 0 radical (unpaired) electrons. The van der Waals surface area contributed by atoms with E-state index in [1.165, 1.54) is 17.0 Å². The van der Waals surface area contributed by atoms with Gasteiger partial charge in [-0.3, -0.25) is 9.36 Å². The largest absolute Gasteiger partial charge is 0.372 e. The summed E-state index contributed by atoms with van der Waals surface area (Å²) in [4.78, 5) is 0. The third-order valence-electron chi connectivity index (χ3n) is 4.32. The first-order chi connectivity index (χ1) is 10.2. The molecule has 114 valence electrons. The van der Waals surface area contributed by atoms with E-state index in [1.54, 1.807) is 0 Å². The lowest BCUT2D eigenvalue weighted by Crippen LogP contribution is -2.32. The minimum Gasteiger partial charge on any atom is -0.372 e. The Bertz CT molecular complexity index is 603. The molecule has 0 spiro atoms. The second kappa shape index (κ2) is 5.99. The molecule has 1 saturated heterocycles. The highest BCUT2D eigenvalue weighted by Crippen LogP contribution is 2.31. The summed E-state index contributed by atoms with van der Waals surface area (Å²) in [6.07, 6.45) is 4.90. The van der Waals surface area contributed by atoms with E-state index in [9.17, 15) is 0 Å². The molecule has 0 aliphatic carbocycles. The fraction of sp³-hybridized carbons (Fsp3) is 0.600. The molecule has 0 unspecified atom stereocenters. The van der Waals surface area contributed by atoms with Crippen LogP contribution in [0.3, 0.4) is 0 Å². The Hall–Kier alpha value is -1.66. The lowest BCUT2D eigenvalue weighted by Gasteiger charge is -2.20. The molecule has 3 rings (SSSR count). The van der Waals surface area contributed by atoms with E-state index in [4.69, 9.17) is 4.74 Å². The fourth-order valence-corrected chi connectivity index (χ4v) is 2.93. The summed E-state index contributed by atoms with van der Waals surface area (Å²) < 4.78 is 9.86. The molecule has 2 aromatic heterocycles. The number of aryl methyl sites for hydroxylation is 2. The molecule has 2 atom stereocenters. The summed E-state index contributed by atoms with van der Waals surface area (Å²) in [7, 11) is 1.97.